The first kappa shape index (κ1) is 11.1. The zero-order valence-electron chi connectivity index (χ0n) is 9.45. The van der Waals surface area contributed by atoms with Gasteiger partial charge >= 0.3 is 0 Å². The fraction of sp³-hybridized carbons (Fsp3) is 0.667. The maximum Gasteiger partial charge on any atom is 0.0535 e. The first-order valence-electron chi connectivity index (χ1n) is 5.63. The Hall–Kier alpha value is -0.380. The Balaban J connectivity index is 2.01. The lowest BCUT2D eigenvalue weighted by Gasteiger charge is -2.12. The van der Waals surface area contributed by atoms with Crippen molar-refractivity contribution in [2.45, 2.75) is 38.8 Å². The van der Waals surface area contributed by atoms with Crippen molar-refractivity contribution in [1.82, 2.24) is 5.32 Å². The third-order valence-electron chi connectivity index (χ3n) is 2.85. The van der Waals surface area contributed by atoms with Crippen LogP contribution in [0.15, 0.2) is 10.8 Å². The average Bonchev–Trinajstić information content (AvgIpc) is 2.85. The van der Waals surface area contributed by atoms with E-state index in [2.05, 4.69) is 29.9 Å². The molecule has 15 heavy (non-hydrogen) atoms. The smallest absolute Gasteiger partial charge is 0.0535 e. The van der Waals surface area contributed by atoms with Gasteiger partial charge in [0.05, 0.1) is 6.61 Å². The Morgan fingerprint density at radius 2 is 2.40 bits per heavy atom. The SMILES string of the molecule is CC(C)NCc1cscc1C1CCOC1. The largest absolute Gasteiger partial charge is 0.381 e. The second-order valence-electron chi connectivity index (χ2n) is 4.45. The molecule has 0 amide bonds. The van der Waals surface area contributed by atoms with Gasteiger partial charge in [-0.25, -0.2) is 0 Å². The van der Waals surface area contributed by atoms with Crippen LogP contribution in [0, 0.1) is 0 Å². The lowest BCUT2D eigenvalue weighted by atomic mass is 9.97. The lowest BCUT2D eigenvalue weighted by molar-refractivity contribution is 0.194. The minimum atomic E-state index is 0.553. The molecule has 1 aliphatic heterocycles. The highest BCUT2D eigenvalue weighted by Crippen LogP contribution is 2.30. The molecule has 1 aliphatic rings. The topological polar surface area (TPSA) is 21.3 Å². The van der Waals surface area contributed by atoms with Crippen LogP contribution in [0.25, 0.3) is 0 Å². The zero-order chi connectivity index (χ0) is 10.7. The van der Waals surface area contributed by atoms with Crippen molar-refractivity contribution >= 4 is 11.3 Å². The van der Waals surface area contributed by atoms with Crippen LogP contribution in [-0.4, -0.2) is 19.3 Å². The minimum absolute atomic E-state index is 0.553. The molecule has 1 saturated heterocycles. The summed E-state index contributed by atoms with van der Waals surface area (Å²) >= 11 is 1.81. The second kappa shape index (κ2) is 5.10. The molecule has 2 heterocycles. The number of nitrogens with one attached hydrogen (secondary N) is 1. The molecule has 1 aromatic rings. The van der Waals surface area contributed by atoms with Gasteiger partial charge in [0.25, 0.3) is 0 Å². The van der Waals surface area contributed by atoms with Gasteiger partial charge in [0.2, 0.25) is 0 Å². The molecule has 0 radical (unpaired) electrons. The Kier molecular flexibility index (Phi) is 3.78. The van der Waals surface area contributed by atoms with E-state index in [9.17, 15) is 0 Å². The maximum atomic E-state index is 5.45. The molecular formula is C12H19NOS. The van der Waals surface area contributed by atoms with E-state index in [1.807, 2.05) is 11.3 Å². The molecule has 0 aliphatic carbocycles. The van der Waals surface area contributed by atoms with Gasteiger partial charge in [-0.2, -0.15) is 11.3 Å². The second-order valence-corrected chi connectivity index (χ2v) is 5.19. The highest BCUT2D eigenvalue weighted by Gasteiger charge is 2.20. The predicted molar refractivity (Wildman–Crippen MR) is 64.5 cm³/mol. The Morgan fingerprint density at radius 3 is 3.07 bits per heavy atom. The first-order valence-corrected chi connectivity index (χ1v) is 6.57. The lowest BCUT2D eigenvalue weighted by Crippen LogP contribution is -2.22. The van der Waals surface area contributed by atoms with E-state index in [0.29, 0.717) is 12.0 Å². The molecule has 1 atom stereocenters. The Morgan fingerprint density at radius 1 is 1.53 bits per heavy atom. The molecule has 1 fully saturated rings. The van der Waals surface area contributed by atoms with Crippen molar-refractivity contribution in [1.29, 1.82) is 0 Å². The first-order chi connectivity index (χ1) is 7.27. The highest BCUT2D eigenvalue weighted by molar-refractivity contribution is 7.08. The third kappa shape index (κ3) is 2.80. The van der Waals surface area contributed by atoms with Crippen molar-refractivity contribution in [3.8, 4) is 0 Å². The van der Waals surface area contributed by atoms with Crippen LogP contribution in [-0.2, 0) is 11.3 Å². The summed E-state index contributed by atoms with van der Waals surface area (Å²) in [6.45, 7) is 7.20. The predicted octanol–water partition coefficient (Wildman–Crippen LogP) is 2.75. The monoisotopic (exact) mass is 225 g/mol. The Bertz CT molecular complexity index is 302. The van der Waals surface area contributed by atoms with Crippen molar-refractivity contribution < 1.29 is 4.74 Å². The van der Waals surface area contributed by atoms with Crippen LogP contribution in [0.4, 0.5) is 0 Å². The number of ether oxygens (including phenoxy) is 1. The molecule has 1 aromatic heterocycles. The molecule has 0 bridgehead atoms. The van der Waals surface area contributed by atoms with E-state index < -0.39 is 0 Å². The highest BCUT2D eigenvalue weighted by atomic mass is 32.1. The van der Waals surface area contributed by atoms with Crippen LogP contribution >= 0.6 is 11.3 Å². The quantitative estimate of drug-likeness (QED) is 0.850. The molecule has 0 saturated carbocycles. The number of hydrogen-bond acceptors (Lipinski definition) is 3. The van der Waals surface area contributed by atoms with E-state index in [1.54, 1.807) is 0 Å². The fourth-order valence-corrected chi connectivity index (χ4v) is 2.87. The molecule has 2 rings (SSSR count). The van der Waals surface area contributed by atoms with Crippen LogP contribution in [0.2, 0.25) is 0 Å². The summed E-state index contributed by atoms with van der Waals surface area (Å²) in [5, 5.41) is 8.03. The molecule has 3 heteroatoms. The van der Waals surface area contributed by atoms with E-state index in [1.165, 1.54) is 17.5 Å². The zero-order valence-corrected chi connectivity index (χ0v) is 10.3. The summed E-state index contributed by atoms with van der Waals surface area (Å²) in [5.41, 5.74) is 2.97. The summed E-state index contributed by atoms with van der Waals surface area (Å²) in [6.07, 6.45) is 1.19. The van der Waals surface area contributed by atoms with Crippen LogP contribution in [0.1, 0.15) is 37.3 Å². The summed E-state index contributed by atoms with van der Waals surface area (Å²) in [5.74, 6) is 0.639. The maximum absolute atomic E-state index is 5.45. The van der Waals surface area contributed by atoms with Crippen molar-refractivity contribution in [3.05, 3.63) is 21.9 Å². The average molecular weight is 225 g/mol. The molecule has 2 nitrogen and oxygen atoms in total. The molecule has 1 N–H and O–H groups in total. The summed E-state index contributed by atoms with van der Waals surface area (Å²) in [7, 11) is 0. The van der Waals surface area contributed by atoms with Gasteiger partial charge in [-0.1, -0.05) is 13.8 Å². The van der Waals surface area contributed by atoms with Gasteiger partial charge in [0.15, 0.2) is 0 Å². The number of thiophene rings is 1. The normalized spacial score (nSPS) is 21.4. The fourth-order valence-electron chi connectivity index (χ4n) is 1.93. The van der Waals surface area contributed by atoms with Crippen LogP contribution in [0.3, 0.4) is 0 Å². The van der Waals surface area contributed by atoms with E-state index in [4.69, 9.17) is 4.74 Å². The van der Waals surface area contributed by atoms with Gasteiger partial charge in [-0.15, -0.1) is 0 Å². The number of hydrogen-bond donors (Lipinski definition) is 1. The van der Waals surface area contributed by atoms with Gasteiger partial charge in [-0.05, 0) is 28.3 Å². The standard InChI is InChI=1S/C12H19NOS/c1-9(2)13-5-11-7-15-8-12(11)10-3-4-14-6-10/h7-10,13H,3-6H2,1-2H3. The Labute approximate surface area is 95.6 Å². The number of rotatable bonds is 4. The van der Waals surface area contributed by atoms with E-state index in [0.717, 1.165) is 19.8 Å². The van der Waals surface area contributed by atoms with Crippen LogP contribution < -0.4 is 5.32 Å². The molecule has 0 aromatic carbocycles. The summed E-state index contributed by atoms with van der Waals surface area (Å²) < 4.78 is 5.45. The van der Waals surface area contributed by atoms with Gasteiger partial charge < -0.3 is 10.1 Å². The van der Waals surface area contributed by atoms with E-state index >= 15 is 0 Å². The van der Waals surface area contributed by atoms with Crippen LogP contribution in [0.5, 0.6) is 0 Å². The molecule has 84 valence electrons. The molecule has 0 spiro atoms. The summed E-state index contributed by atoms with van der Waals surface area (Å²) in [4.78, 5) is 0. The summed E-state index contributed by atoms with van der Waals surface area (Å²) in [6, 6.07) is 0.553. The van der Waals surface area contributed by atoms with Crippen molar-refractivity contribution in [2.75, 3.05) is 13.2 Å². The van der Waals surface area contributed by atoms with Crippen molar-refractivity contribution in [2.24, 2.45) is 0 Å². The van der Waals surface area contributed by atoms with Crippen molar-refractivity contribution in [3.63, 3.8) is 0 Å². The van der Waals surface area contributed by atoms with E-state index in [-0.39, 0.29) is 0 Å². The van der Waals surface area contributed by atoms with Gasteiger partial charge in [0.1, 0.15) is 0 Å². The van der Waals surface area contributed by atoms with Gasteiger partial charge in [-0.3, -0.25) is 0 Å². The molecular weight excluding hydrogens is 206 g/mol. The minimum Gasteiger partial charge on any atom is -0.381 e. The van der Waals surface area contributed by atoms with Gasteiger partial charge in [0, 0.05) is 25.1 Å². The third-order valence-corrected chi connectivity index (χ3v) is 3.66. The molecule has 1 unspecified atom stereocenters.